The fourth-order valence-corrected chi connectivity index (χ4v) is 2.09. The molecule has 0 atom stereocenters. The molecular formula is C15H21N3O4. The summed E-state index contributed by atoms with van der Waals surface area (Å²) in [6.07, 6.45) is 2.44. The molecule has 2 amide bonds. The van der Waals surface area contributed by atoms with Crippen molar-refractivity contribution < 1.29 is 19.1 Å². The number of ether oxygens (including phenoxy) is 2. The Balaban J connectivity index is 2.09. The maximum absolute atomic E-state index is 11.9. The first kappa shape index (κ1) is 16.1. The van der Waals surface area contributed by atoms with Crippen molar-refractivity contribution in [3.8, 4) is 11.5 Å². The van der Waals surface area contributed by atoms with Crippen molar-refractivity contribution in [2.75, 3.05) is 32.6 Å². The number of hydrogen-bond donors (Lipinski definition) is 3. The van der Waals surface area contributed by atoms with Crippen molar-refractivity contribution in [2.24, 2.45) is 11.7 Å². The Hall–Kier alpha value is -2.28. The molecule has 7 heteroatoms. The van der Waals surface area contributed by atoms with E-state index < -0.39 is 5.91 Å². The minimum Gasteiger partial charge on any atom is -0.493 e. The first-order chi connectivity index (χ1) is 10.5. The fraction of sp³-hybridized carbons (Fsp3) is 0.467. The van der Waals surface area contributed by atoms with Gasteiger partial charge in [0.15, 0.2) is 11.5 Å². The van der Waals surface area contributed by atoms with Gasteiger partial charge in [-0.1, -0.05) is 0 Å². The van der Waals surface area contributed by atoms with Crippen LogP contribution in [-0.2, 0) is 4.79 Å². The second kappa shape index (κ2) is 7.13. The van der Waals surface area contributed by atoms with Crippen molar-refractivity contribution in [2.45, 2.75) is 12.8 Å². The third kappa shape index (κ3) is 4.11. The standard InChI is InChI=1S/C15H21N3O4/c1-21-12-5-10(15(16)20)11(6-13(12)22-2)18-14(19)8-17-7-9-3-4-9/h5-6,9,17H,3-4,7-8H2,1-2H3,(H2,16,20)(H,18,19). The van der Waals surface area contributed by atoms with Crippen LogP contribution in [0.1, 0.15) is 23.2 Å². The number of carbonyl (C=O) groups excluding carboxylic acids is 2. The number of hydrogen-bond acceptors (Lipinski definition) is 5. The van der Waals surface area contributed by atoms with Gasteiger partial charge < -0.3 is 25.8 Å². The molecule has 0 spiro atoms. The summed E-state index contributed by atoms with van der Waals surface area (Å²) in [5, 5.41) is 5.76. The van der Waals surface area contributed by atoms with E-state index in [1.807, 2.05) is 0 Å². The SMILES string of the molecule is COc1cc(NC(=O)CNCC2CC2)c(C(N)=O)cc1OC. The molecular weight excluding hydrogens is 286 g/mol. The number of nitrogens with two attached hydrogens (primary N) is 1. The van der Waals surface area contributed by atoms with Crippen LogP contribution in [0.3, 0.4) is 0 Å². The molecule has 0 aliphatic heterocycles. The Morgan fingerprint density at radius 1 is 1.23 bits per heavy atom. The molecule has 1 aromatic rings. The summed E-state index contributed by atoms with van der Waals surface area (Å²) in [6.45, 7) is 1.02. The predicted octanol–water partition coefficient (Wildman–Crippen LogP) is 0.741. The Morgan fingerprint density at radius 2 is 1.86 bits per heavy atom. The molecule has 1 aliphatic rings. The summed E-state index contributed by atoms with van der Waals surface area (Å²) in [7, 11) is 2.94. The monoisotopic (exact) mass is 307 g/mol. The van der Waals surface area contributed by atoms with E-state index in [4.69, 9.17) is 15.2 Å². The number of nitrogens with one attached hydrogen (secondary N) is 2. The molecule has 120 valence electrons. The van der Waals surface area contributed by atoms with Gasteiger partial charge in [-0.3, -0.25) is 9.59 Å². The third-order valence-electron chi connectivity index (χ3n) is 3.48. The van der Waals surface area contributed by atoms with Gasteiger partial charge in [0.25, 0.3) is 5.91 Å². The normalized spacial score (nSPS) is 13.5. The first-order valence-electron chi connectivity index (χ1n) is 7.11. The van der Waals surface area contributed by atoms with Crippen molar-refractivity contribution >= 4 is 17.5 Å². The Morgan fingerprint density at radius 3 is 2.41 bits per heavy atom. The summed E-state index contributed by atoms with van der Waals surface area (Å²) in [4.78, 5) is 23.5. The number of amides is 2. The van der Waals surface area contributed by atoms with Gasteiger partial charge in [-0.25, -0.2) is 0 Å². The van der Waals surface area contributed by atoms with E-state index in [1.165, 1.54) is 39.2 Å². The summed E-state index contributed by atoms with van der Waals surface area (Å²) in [5.74, 6) is 0.586. The highest BCUT2D eigenvalue weighted by Gasteiger charge is 2.21. The van der Waals surface area contributed by atoms with Gasteiger partial charge in [-0.05, 0) is 31.4 Å². The van der Waals surface area contributed by atoms with Gasteiger partial charge in [-0.2, -0.15) is 0 Å². The largest absolute Gasteiger partial charge is 0.493 e. The van der Waals surface area contributed by atoms with E-state index >= 15 is 0 Å². The molecule has 1 fully saturated rings. The maximum Gasteiger partial charge on any atom is 0.250 e. The lowest BCUT2D eigenvalue weighted by Crippen LogP contribution is -2.30. The number of carbonyl (C=O) groups is 2. The molecule has 1 aliphatic carbocycles. The van der Waals surface area contributed by atoms with E-state index in [1.54, 1.807) is 0 Å². The van der Waals surface area contributed by atoms with Crippen LogP contribution in [-0.4, -0.2) is 39.1 Å². The minimum absolute atomic E-state index is 0.174. The van der Waals surface area contributed by atoms with Crippen LogP contribution in [0.15, 0.2) is 12.1 Å². The zero-order valence-electron chi connectivity index (χ0n) is 12.8. The Kier molecular flexibility index (Phi) is 5.21. The first-order valence-corrected chi connectivity index (χ1v) is 7.11. The number of anilines is 1. The van der Waals surface area contributed by atoms with Gasteiger partial charge in [0.1, 0.15) is 0 Å². The van der Waals surface area contributed by atoms with Crippen LogP contribution in [0.5, 0.6) is 11.5 Å². The average molecular weight is 307 g/mol. The van der Waals surface area contributed by atoms with Crippen LogP contribution in [0.25, 0.3) is 0 Å². The lowest BCUT2D eigenvalue weighted by molar-refractivity contribution is -0.115. The second-order valence-corrected chi connectivity index (χ2v) is 5.24. The molecule has 0 aromatic heterocycles. The smallest absolute Gasteiger partial charge is 0.250 e. The lowest BCUT2D eigenvalue weighted by Gasteiger charge is -2.14. The van der Waals surface area contributed by atoms with Gasteiger partial charge >= 0.3 is 0 Å². The zero-order valence-corrected chi connectivity index (χ0v) is 12.8. The van der Waals surface area contributed by atoms with Crippen LogP contribution in [0.4, 0.5) is 5.69 Å². The van der Waals surface area contributed by atoms with Crippen molar-refractivity contribution in [1.29, 1.82) is 0 Å². The summed E-state index contributed by atoms with van der Waals surface area (Å²) < 4.78 is 10.3. The molecule has 22 heavy (non-hydrogen) atoms. The molecule has 0 unspecified atom stereocenters. The second-order valence-electron chi connectivity index (χ2n) is 5.24. The predicted molar refractivity (Wildman–Crippen MR) is 82.3 cm³/mol. The van der Waals surface area contributed by atoms with E-state index in [0.29, 0.717) is 23.1 Å². The van der Waals surface area contributed by atoms with Crippen molar-refractivity contribution in [3.63, 3.8) is 0 Å². The third-order valence-corrected chi connectivity index (χ3v) is 3.48. The highest BCUT2D eigenvalue weighted by Crippen LogP contribution is 2.33. The summed E-state index contributed by atoms with van der Waals surface area (Å²) in [6, 6.07) is 2.98. The highest BCUT2D eigenvalue weighted by atomic mass is 16.5. The van der Waals surface area contributed by atoms with Gasteiger partial charge in [-0.15, -0.1) is 0 Å². The summed E-state index contributed by atoms with van der Waals surface area (Å²) >= 11 is 0. The van der Waals surface area contributed by atoms with Crippen molar-refractivity contribution in [1.82, 2.24) is 5.32 Å². The molecule has 0 radical (unpaired) electrons. The van der Waals surface area contributed by atoms with Gasteiger partial charge in [0.2, 0.25) is 5.91 Å². The van der Waals surface area contributed by atoms with Crippen LogP contribution in [0, 0.1) is 5.92 Å². The Bertz CT molecular complexity index is 570. The molecule has 2 rings (SSSR count). The topological polar surface area (TPSA) is 103 Å². The van der Waals surface area contributed by atoms with E-state index in [0.717, 1.165) is 6.54 Å². The highest BCUT2D eigenvalue weighted by molar-refractivity contribution is 6.04. The zero-order chi connectivity index (χ0) is 16.1. The van der Waals surface area contributed by atoms with Crippen LogP contribution in [0.2, 0.25) is 0 Å². The maximum atomic E-state index is 11.9. The molecule has 0 bridgehead atoms. The number of primary amides is 1. The van der Waals surface area contributed by atoms with Crippen LogP contribution >= 0.6 is 0 Å². The number of benzene rings is 1. The molecule has 7 nitrogen and oxygen atoms in total. The van der Waals surface area contributed by atoms with E-state index in [9.17, 15) is 9.59 Å². The quantitative estimate of drug-likeness (QED) is 0.657. The molecule has 4 N–H and O–H groups in total. The van der Waals surface area contributed by atoms with Crippen molar-refractivity contribution in [3.05, 3.63) is 17.7 Å². The fourth-order valence-electron chi connectivity index (χ4n) is 2.09. The molecule has 1 aromatic carbocycles. The van der Waals surface area contributed by atoms with E-state index in [-0.39, 0.29) is 18.0 Å². The molecule has 0 heterocycles. The number of methoxy groups -OCH3 is 2. The summed E-state index contributed by atoms with van der Waals surface area (Å²) in [5.41, 5.74) is 5.83. The Labute approximate surface area is 129 Å². The minimum atomic E-state index is -0.651. The van der Waals surface area contributed by atoms with Crippen LogP contribution < -0.4 is 25.8 Å². The van der Waals surface area contributed by atoms with Gasteiger partial charge in [0.05, 0.1) is 32.0 Å². The average Bonchev–Trinajstić information content (AvgIpc) is 3.30. The lowest BCUT2D eigenvalue weighted by atomic mass is 10.1. The number of rotatable bonds is 8. The van der Waals surface area contributed by atoms with E-state index in [2.05, 4.69) is 10.6 Å². The molecule has 1 saturated carbocycles. The molecule has 0 saturated heterocycles. The van der Waals surface area contributed by atoms with Gasteiger partial charge in [0, 0.05) is 6.07 Å².